The number of carbonyl (C=O) groups is 1. The van der Waals surface area contributed by atoms with E-state index in [1.54, 1.807) is 30.5 Å². The number of hydrazine groups is 1. The number of nitrogens with one attached hydrogen (secondary N) is 3. The predicted octanol–water partition coefficient (Wildman–Crippen LogP) is 3.11. The molecule has 8 nitrogen and oxygen atoms in total. The number of hydrogen-bond acceptors (Lipinski definition) is 7. The first-order chi connectivity index (χ1) is 13.7. The van der Waals surface area contributed by atoms with Gasteiger partial charge in [0.05, 0.1) is 5.52 Å². The Balaban J connectivity index is 1.54. The van der Waals surface area contributed by atoms with Crippen LogP contribution in [0.25, 0.3) is 10.9 Å². The summed E-state index contributed by atoms with van der Waals surface area (Å²) in [5.74, 6) is 0.413. The van der Waals surface area contributed by atoms with Crippen LogP contribution in [-0.2, 0) is 0 Å². The molecule has 0 unspecified atom stereocenters. The van der Waals surface area contributed by atoms with Crippen molar-refractivity contribution in [2.24, 2.45) is 0 Å². The zero-order chi connectivity index (χ0) is 19.3. The van der Waals surface area contributed by atoms with Crippen LogP contribution in [0, 0.1) is 0 Å². The molecule has 0 bridgehead atoms. The zero-order valence-electron chi connectivity index (χ0n) is 14.8. The van der Waals surface area contributed by atoms with E-state index in [1.165, 1.54) is 6.33 Å². The van der Waals surface area contributed by atoms with Gasteiger partial charge in [0, 0.05) is 22.8 Å². The number of benzene rings is 2. The number of nitrogens with zero attached hydrogens (tertiary/aromatic N) is 3. The van der Waals surface area contributed by atoms with Gasteiger partial charge in [0.25, 0.3) is 5.91 Å². The number of anilines is 4. The third-order valence-corrected chi connectivity index (χ3v) is 4.11. The van der Waals surface area contributed by atoms with Gasteiger partial charge >= 0.3 is 0 Å². The highest BCUT2D eigenvalue weighted by atomic mass is 16.2. The van der Waals surface area contributed by atoms with Crippen LogP contribution < -0.4 is 21.9 Å². The van der Waals surface area contributed by atoms with Crippen LogP contribution in [0.2, 0.25) is 0 Å². The van der Waals surface area contributed by atoms with Crippen LogP contribution >= 0.6 is 0 Å². The molecule has 4 rings (SSSR count). The van der Waals surface area contributed by atoms with Gasteiger partial charge in [-0.1, -0.05) is 24.3 Å². The summed E-state index contributed by atoms with van der Waals surface area (Å²) in [5.41, 5.74) is 14.0. The molecule has 0 aliphatic carbocycles. The van der Waals surface area contributed by atoms with Crippen LogP contribution in [0.4, 0.5) is 23.0 Å². The molecular formula is C20H17N7O. The summed E-state index contributed by atoms with van der Waals surface area (Å²) in [6.45, 7) is 0. The van der Waals surface area contributed by atoms with E-state index in [2.05, 4.69) is 31.1 Å². The lowest BCUT2D eigenvalue weighted by atomic mass is 10.2. The lowest BCUT2D eigenvalue weighted by molar-refractivity contribution is 0.0962. The molecule has 2 aromatic heterocycles. The largest absolute Gasteiger partial charge is 0.393 e. The second kappa shape index (κ2) is 7.58. The fourth-order valence-electron chi connectivity index (χ4n) is 2.71. The molecule has 0 aliphatic heterocycles. The first kappa shape index (κ1) is 17.2. The van der Waals surface area contributed by atoms with E-state index in [0.29, 0.717) is 17.2 Å². The van der Waals surface area contributed by atoms with Gasteiger partial charge < -0.3 is 11.1 Å². The van der Waals surface area contributed by atoms with Crippen LogP contribution in [-0.4, -0.2) is 20.9 Å². The second-order valence-corrected chi connectivity index (χ2v) is 5.93. The Kier molecular flexibility index (Phi) is 4.67. The van der Waals surface area contributed by atoms with E-state index >= 15 is 0 Å². The normalized spacial score (nSPS) is 10.4. The minimum absolute atomic E-state index is 0.275. The Labute approximate surface area is 160 Å². The van der Waals surface area contributed by atoms with E-state index in [9.17, 15) is 4.79 Å². The third-order valence-electron chi connectivity index (χ3n) is 4.11. The molecule has 5 N–H and O–H groups in total. The highest BCUT2D eigenvalue weighted by Crippen LogP contribution is 2.29. The first-order valence-electron chi connectivity index (χ1n) is 8.55. The standard InChI is InChI=1S/C20H17N7O/c21-17-18(25-16-10-4-9-15-14(16)8-5-11-22-15)23-12-24-19(17)26-27-20(28)13-6-2-1-3-7-13/h1-12H,21H2,(H,27,28)(H2,23,24,25,26). The van der Waals surface area contributed by atoms with E-state index in [4.69, 9.17) is 5.73 Å². The molecule has 0 radical (unpaired) electrons. The fraction of sp³-hybridized carbons (Fsp3) is 0. The molecule has 2 aromatic carbocycles. The monoisotopic (exact) mass is 371 g/mol. The lowest BCUT2D eigenvalue weighted by Crippen LogP contribution is -2.30. The SMILES string of the molecule is Nc1c(NNC(=O)c2ccccc2)ncnc1Nc1cccc2ncccc12. The lowest BCUT2D eigenvalue weighted by Gasteiger charge is -2.14. The Hall–Kier alpha value is -4.20. The van der Waals surface area contributed by atoms with Gasteiger partial charge in [0.1, 0.15) is 12.0 Å². The Bertz CT molecular complexity index is 1130. The number of nitrogen functional groups attached to an aromatic ring is 1. The molecule has 0 spiro atoms. The van der Waals surface area contributed by atoms with Crippen molar-refractivity contribution in [1.82, 2.24) is 20.4 Å². The van der Waals surface area contributed by atoms with Gasteiger partial charge in [-0.05, 0) is 36.4 Å². The number of fused-ring (bicyclic) bond motifs is 1. The topological polar surface area (TPSA) is 118 Å². The van der Waals surface area contributed by atoms with Crippen molar-refractivity contribution >= 4 is 39.8 Å². The number of hydrogen-bond donors (Lipinski definition) is 4. The summed E-state index contributed by atoms with van der Waals surface area (Å²) < 4.78 is 0. The van der Waals surface area contributed by atoms with Crippen molar-refractivity contribution in [3.05, 3.63) is 78.8 Å². The third kappa shape index (κ3) is 3.51. The Morgan fingerprint density at radius 3 is 2.54 bits per heavy atom. The van der Waals surface area contributed by atoms with Gasteiger partial charge in [0.2, 0.25) is 0 Å². The molecule has 138 valence electrons. The van der Waals surface area contributed by atoms with Crippen molar-refractivity contribution in [3.63, 3.8) is 0 Å². The van der Waals surface area contributed by atoms with Crippen molar-refractivity contribution in [2.45, 2.75) is 0 Å². The fourth-order valence-corrected chi connectivity index (χ4v) is 2.71. The van der Waals surface area contributed by atoms with Crippen molar-refractivity contribution in [3.8, 4) is 0 Å². The molecule has 1 amide bonds. The van der Waals surface area contributed by atoms with E-state index < -0.39 is 0 Å². The number of amides is 1. The van der Waals surface area contributed by atoms with Crippen LogP contribution in [0.1, 0.15) is 10.4 Å². The number of rotatable bonds is 5. The van der Waals surface area contributed by atoms with Crippen molar-refractivity contribution < 1.29 is 4.79 Å². The van der Waals surface area contributed by atoms with Crippen LogP contribution in [0.15, 0.2) is 73.2 Å². The Morgan fingerprint density at radius 2 is 1.68 bits per heavy atom. The maximum absolute atomic E-state index is 12.2. The summed E-state index contributed by atoms with van der Waals surface area (Å²) in [7, 11) is 0. The summed E-state index contributed by atoms with van der Waals surface area (Å²) in [6.07, 6.45) is 3.10. The molecule has 28 heavy (non-hydrogen) atoms. The minimum atomic E-state index is -0.298. The molecule has 0 fully saturated rings. The van der Waals surface area contributed by atoms with Crippen molar-refractivity contribution in [2.75, 3.05) is 16.5 Å². The average Bonchev–Trinajstić information content (AvgIpc) is 2.75. The maximum atomic E-state index is 12.2. The van der Waals surface area contributed by atoms with Gasteiger partial charge in [-0.15, -0.1) is 0 Å². The molecule has 0 aliphatic rings. The first-order valence-corrected chi connectivity index (χ1v) is 8.55. The van der Waals surface area contributed by atoms with Gasteiger partial charge in [-0.3, -0.25) is 20.6 Å². The summed E-state index contributed by atoms with van der Waals surface area (Å²) >= 11 is 0. The quantitative estimate of drug-likeness (QED) is 0.398. The van der Waals surface area contributed by atoms with E-state index in [0.717, 1.165) is 16.6 Å². The molecule has 8 heteroatoms. The number of pyridine rings is 1. The molecule has 0 saturated carbocycles. The molecule has 0 atom stereocenters. The molecule has 0 saturated heterocycles. The number of carbonyl (C=O) groups excluding carboxylic acids is 1. The predicted molar refractivity (Wildman–Crippen MR) is 109 cm³/mol. The molecule has 2 heterocycles. The number of aromatic nitrogens is 3. The number of nitrogens with two attached hydrogens (primary N) is 1. The minimum Gasteiger partial charge on any atom is -0.393 e. The van der Waals surface area contributed by atoms with Crippen molar-refractivity contribution in [1.29, 1.82) is 0 Å². The Morgan fingerprint density at radius 1 is 0.857 bits per heavy atom. The van der Waals surface area contributed by atoms with Crippen LogP contribution in [0.5, 0.6) is 0 Å². The van der Waals surface area contributed by atoms with E-state index in [1.807, 2.05) is 36.4 Å². The molecule has 4 aromatic rings. The summed E-state index contributed by atoms with van der Waals surface area (Å²) in [6, 6.07) is 18.4. The smallest absolute Gasteiger partial charge is 0.269 e. The second-order valence-electron chi connectivity index (χ2n) is 5.93. The van der Waals surface area contributed by atoms with Gasteiger partial charge in [0.15, 0.2) is 11.6 Å². The zero-order valence-corrected chi connectivity index (χ0v) is 14.8. The highest BCUT2D eigenvalue weighted by molar-refractivity contribution is 5.96. The summed E-state index contributed by atoms with van der Waals surface area (Å²) in [5, 5.41) is 4.15. The summed E-state index contributed by atoms with van der Waals surface area (Å²) in [4.78, 5) is 24.8. The van der Waals surface area contributed by atoms with Gasteiger partial charge in [-0.25, -0.2) is 9.97 Å². The van der Waals surface area contributed by atoms with Crippen LogP contribution in [0.3, 0.4) is 0 Å². The highest BCUT2D eigenvalue weighted by Gasteiger charge is 2.11. The van der Waals surface area contributed by atoms with E-state index in [-0.39, 0.29) is 11.6 Å². The average molecular weight is 371 g/mol. The van der Waals surface area contributed by atoms with Gasteiger partial charge in [-0.2, -0.15) is 0 Å². The molecular weight excluding hydrogens is 354 g/mol. The maximum Gasteiger partial charge on any atom is 0.269 e.